The molecule has 0 aromatic heterocycles. The number of carbonyl (C=O) groups excluding carboxylic acids is 1. The fourth-order valence-electron chi connectivity index (χ4n) is 2.76. The number of piperazine rings is 1. The van der Waals surface area contributed by atoms with E-state index in [0.717, 1.165) is 19.4 Å². The Balaban J connectivity index is 1.73. The zero-order valence-electron chi connectivity index (χ0n) is 11.5. The van der Waals surface area contributed by atoms with E-state index in [4.69, 9.17) is 11.6 Å². The average Bonchev–Trinajstić information content (AvgIpc) is 3.33. The van der Waals surface area contributed by atoms with Gasteiger partial charge in [0.1, 0.15) is 11.8 Å². The van der Waals surface area contributed by atoms with Crippen LogP contribution in [-0.2, 0) is 0 Å². The smallest absolute Gasteiger partial charge is 0.254 e. The summed E-state index contributed by atoms with van der Waals surface area (Å²) in [6.07, 6.45) is 2.30. The topological polar surface area (TPSA) is 67.6 Å². The number of carbonyl (C=O) groups is 1. The van der Waals surface area contributed by atoms with Gasteiger partial charge in [-0.05, 0) is 31.0 Å². The maximum Gasteiger partial charge on any atom is 0.254 e. The molecule has 1 N–H and O–H groups in total. The van der Waals surface area contributed by atoms with Crippen LogP contribution in [0.3, 0.4) is 0 Å². The summed E-state index contributed by atoms with van der Waals surface area (Å²) in [5.74, 6) is -0.186. The molecule has 1 saturated carbocycles. The second kappa shape index (κ2) is 5.55. The summed E-state index contributed by atoms with van der Waals surface area (Å²) in [6.45, 7) is 1.77. The Morgan fingerprint density at radius 1 is 1.38 bits per heavy atom. The Bertz CT molecular complexity index is 609. The van der Waals surface area contributed by atoms with E-state index in [1.165, 1.54) is 12.1 Å². The lowest BCUT2D eigenvalue weighted by molar-refractivity contribution is 0.0550. The van der Waals surface area contributed by atoms with Gasteiger partial charge in [0.15, 0.2) is 0 Å². The van der Waals surface area contributed by atoms with Gasteiger partial charge < -0.3 is 10.0 Å². The average molecular weight is 306 g/mol. The van der Waals surface area contributed by atoms with Gasteiger partial charge in [0.05, 0.1) is 11.1 Å². The zero-order chi connectivity index (χ0) is 15.0. The SMILES string of the molecule is N#CC1CN(C(=O)c2ccc(O)c(Cl)c2)CCN1C1CC1. The Morgan fingerprint density at radius 3 is 2.76 bits per heavy atom. The number of amides is 1. The predicted octanol–water partition coefficient (Wildman–Crippen LogP) is 1.86. The van der Waals surface area contributed by atoms with E-state index in [2.05, 4.69) is 11.0 Å². The molecule has 21 heavy (non-hydrogen) atoms. The van der Waals surface area contributed by atoms with Crippen molar-refractivity contribution in [2.75, 3.05) is 19.6 Å². The lowest BCUT2D eigenvalue weighted by Gasteiger charge is -2.38. The molecule has 1 saturated heterocycles. The number of hydrogen-bond donors (Lipinski definition) is 1. The van der Waals surface area contributed by atoms with E-state index >= 15 is 0 Å². The van der Waals surface area contributed by atoms with Gasteiger partial charge in [-0.3, -0.25) is 9.69 Å². The summed E-state index contributed by atoms with van der Waals surface area (Å²) >= 11 is 5.84. The molecule has 1 aliphatic heterocycles. The molecule has 0 spiro atoms. The molecule has 2 fully saturated rings. The standard InChI is InChI=1S/C15H16ClN3O2/c16-13-7-10(1-4-14(13)20)15(21)18-5-6-19(11-2-3-11)12(8-17)9-18/h1,4,7,11-12,20H,2-3,5-6,9H2. The van der Waals surface area contributed by atoms with E-state index in [9.17, 15) is 15.2 Å². The van der Waals surface area contributed by atoms with E-state index < -0.39 is 0 Å². The number of phenols is 1. The predicted molar refractivity (Wildman–Crippen MR) is 78.1 cm³/mol. The van der Waals surface area contributed by atoms with Gasteiger partial charge in [0.2, 0.25) is 0 Å². The first-order valence-corrected chi connectivity index (χ1v) is 7.41. The highest BCUT2D eigenvalue weighted by molar-refractivity contribution is 6.32. The highest BCUT2D eigenvalue weighted by atomic mass is 35.5. The molecule has 1 amide bonds. The summed E-state index contributed by atoms with van der Waals surface area (Å²) in [4.78, 5) is 16.4. The minimum atomic E-state index is -0.234. The van der Waals surface area contributed by atoms with Crippen LogP contribution in [0.2, 0.25) is 5.02 Å². The van der Waals surface area contributed by atoms with E-state index in [-0.39, 0.29) is 22.7 Å². The Morgan fingerprint density at radius 2 is 2.14 bits per heavy atom. The maximum atomic E-state index is 12.5. The van der Waals surface area contributed by atoms with Crippen molar-refractivity contribution in [2.24, 2.45) is 0 Å². The van der Waals surface area contributed by atoms with Crippen LogP contribution in [0.5, 0.6) is 5.75 Å². The molecule has 1 aromatic carbocycles. The van der Waals surface area contributed by atoms with Gasteiger partial charge in [-0.25, -0.2) is 0 Å². The monoisotopic (exact) mass is 305 g/mol. The largest absolute Gasteiger partial charge is 0.506 e. The van der Waals surface area contributed by atoms with Crippen LogP contribution >= 0.6 is 11.6 Å². The van der Waals surface area contributed by atoms with Crippen LogP contribution in [0.25, 0.3) is 0 Å². The van der Waals surface area contributed by atoms with Crippen molar-refractivity contribution in [3.8, 4) is 11.8 Å². The fraction of sp³-hybridized carbons (Fsp3) is 0.467. The van der Waals surface area contributed by atoms with Crippen molar-refractivity contribution in [2.45, 2.75) is 24.9 Å². The molecule has 1 heterocycles. The van der Waals surface area contributed by atoms with Gasteiger partial charge in [-0.2, -0.15) is 5.26 Å². The highest BCUT2D eigenvalue weighted by Crippen LogP contribution is 2.30. The number of rotatable bonds is 2. The van der Waals surface area contributed by atoms with Crippen molar-refractivity contribution < 1.29 is 9.90 Å². The number of hydrogen-bond acceptors (Lipinski definition) is 4. The van der Waals surface area contributed by atoms with Crippen molar-refractivity contribution in [1.82, 2.24) is 9.80 Å². The van der Waals surface area contributed by atoms with E-state index in [1.807, 2.05) is 0 Å². The molecule has 2 aliphatic rings. The normalized spacial score (nSPS) is 22.9. The van der Waals surface area contributed by atoms with Gasteiger partial charge >= 0.3 is 0 Å². The maximum absolute atomic E-state index is 12.5. The van der Waals surface area contributed by atoms with Crippen LogP contribution in [0.15, 0.2) is 18.2 Å². The van der Waals surface area contributed by atoms with Crippen LogP contribution in [0.1, 0.15) is 23.2 Å². The lowest BCUT2D eigenvalue weighted by Crippen LogP contribution is -2.54. The Kier molecular flexibility index (Phi) is 3.75. The van der Waals surface area contributed by atoms with Crippen LogP contribution in [0.4, 0.5) is 0 Å². The number of nitrogens with zero attached hydrogens (tertiary/aromatic N) is 3. The summed E-state index contributed by atoms with van der Waals surface area (Å²) in [5, 5.41) is 18.9. The molecule has 1 atom stereocenters. The molecule has 1 aromatic rings. The lowest BCUT2D eigenvalue weighted by atomic mass is 10.1. The van der Waals surface area contributed by atoms with E-state index in [1.54, 1.807) is 11.0 Å². The molecule has 3 rings (SSSR count). The number of aromatic hydroxyl groups is 1. The molecule has 0 radical (unpaired) electrons. The first-order valence-electron chi connectivity index (χ1n) is 7.03. The minimum absolute atomic E-state index is 0.0401. The fourth-order valence-corrected chi connectivity index (χ4v) is 2.94. The number of benzene rings is 1. The first-order chi connectivity index (χ1) is 10.1. The van der Waals surface area contributed by atoms with Crippen molar-refractivity contribution >= 4 is 17.5 Å². The van der Waals surface area contributed by atoms with Gasteiger partial charge in [0, 0.05) is 31.2 Å². The minimum Gasteiger partial charge on any atom is -0.506 e. The highest BCUT2D eigenvalue weighted by Gasteiger charge is 2.38. The summed E-state index contributed by atoms with van der Waals surface area (Å²) in [7, 11) is 0. The summed E-state index contributed by atoms with van der Waals surface area (Å²) in [6, 6.07) is 7.02. The third-order valence-electron chi connectivity index (χ3n) is 4.07. The molecule has 1 aliphatic carbocycles. The quantitative estimate of drug-likeness (QED) is 0.905. The van der Waals surface area contributed by atoms with Crippen LogP contribution in [0, 0.1) is 11.3 Å². The first kappa shape index (κ1) is 14.2. The molecule has 1 unspecified atom stereocenters. The van der Waals surface area contributed by atoms with E-state index in [0.29, 0.717) is 24.7 Å². The third-order valence-corrected chi connectivity index (χ3v) is 4.37. The molecule has 5 nitrogen and oxygen atoms in total. The third kappa shape index (κ3) is 2.82. The second-order valence-electron chi connectivity index (χ2n) is 5.53. The molecular formula is C15H16ClN3O2. The zero-order valence-corrected chi connectivity index (χ0v) is 12.3. The van der Waals surface area contributed by atoms with Crippen molar-refractivity contribution in [1.29, 1.82) is 5.26 Å². The number of nitriles is 1. The van der Waals surface area contributed by atoms with Crippen LogP contribution in [-0.4, -0.2) is 52.5 Å². The molecular weight excluding hydrogens is 290 g/mol. The molecule has 110 valence electrons. The summed E-state index contributed by atoms with van der Waals surface area (Å²) in [5.41, 5.74) is 0.439. The number of halogens is 1. The second-order valence-corrected chi connectivity index (χ2v) is 5.94. The summed E-state index contributed by atoms with van der Waals surface area (Å²) < 4.78 is 0. The van der Waals surface area contributed by atoms with Crippen molar-refractivity contribution in [3.05, 3.63) is 28.8 Å². The van der Waals surface area contributed by atoms with Crippen molar-refractivity contribution in [3.63, 3.8) is 0 Å². The van der Waals surface area contributed by atoms with Gasteiger partial charge in [-0.1, -0.05) is 11.6 Å². The van der Waals surface area contributed by atoms with Gasteiger partial charge in [0.25, 0.3) is 5.91 Å². The number of phenolic OH excluding ortho intramolecular Hbond substituents is 1. The Labute approximate surface area is 128 Å². The van der Waals surface area contributed by atoms with Crippen LogP contribution < -0.4 is 0 Å². The molecule has 6 heteroatoms. The Hall–Kier alpha value is -1.77. The van der Waals surface area contributed by atoms with Gasteiger partial charge in [-0.15, -0.1) is 0 Å². The molecule has 0 bridgehead atoms.